The van der Waals surface area contributed by atoms with Crippen molar-refractivity contribution in [1.82, 2.24) is 5.32 Å². The monoisotopic (exact) mass is 392 g/mol. The summed E-state index contributed by atoms with van der Waals surface area (Å²) in [6.07, 6.45) is 6.77. The van der Waals surface area contributed by atoms with E-state index in [0.29, 0.717) is 23.7 Å². The molecule has 2 aromatic rings. The molecule has 0 bridgehead atoms. The molecule has 1 N–H and O–H groups in total. The smallest absolute Gasteiger partial charge is 0.338 e. The van der Waals surface area contributed by atoms with E-state index in [0.717, 1.165) is 31.2 Å². The fraction of sp³-hybridized carbons (Fsp3) is 0.348. The number of benzene rings is 1. The predicted octanol–water partition coefficient (Wildman–Crippen LogP) is 4.48. The Kier molecular flexibility index (Phi) is 6.85. The van der Waals surface area contributed by atoms with Crippen LogP contribution in [0.15, 0.2) is 46.4 Å². The molecule has 1 fully saturated rings. The Hall–Kier alpha value is -3.33. The van der Waals surface area contributed by atoms with Crippen LogP contribution in [0.5, 0.6) is 0 Å². The van der Waals surface area contributed by atoms with Crippen molar-refractivity contribution >= 4 is 18.0 Å². The van der Waals surface area contributed by atoms with Gasteiger partial charge in [0.15, 0.2) is 0 Å². The maximum absolute atomic E-state index is 12.4. The third-order valence-corrected chi connectivity index (χ3v) is 4.90. The first-order valence-electron chi connectivity index (χ1n) is 9.90. The van der Waals surface area contributed by atoms with E-state index >= 15 is 0 Å². The number of ether oxygens (including phenoxy) is 1. The van der Waals surface area contributed by atoms with Gasteiger partial charge in [0, 0.05) is 17.7 Å². The van der Waals surface area contributed by atoms with Crippen molar-refractivity contribution in [3.05, 3.63) is 53.3 Å². The SMILES string of the molecule is CCOC(=O)c1ccc(-c2ccc(C=C(C#N)C(=O)NC3CCCCC3)o2)cc1. The number of hydrogen-bond donors (Lipinski definition) is 1. The molecule has 1 saturated carbocycles. The number of nitriles is 1. The molecular formula is C23H24N2O4. The third-order valence-electron chi connectivity index (χ3n) is 4.90. The van der Waals surface area contributed by atoms with Crippen molar-refractivity contribution in [2.45, 2.75) is 45.1 Å². The van der Waals surface area contributed by atoms with E-state index in [4.69, 9.17) is 9.15 Å². The van der Waals surface area contributed by atoms with Crippen LogP contribution >= 0.6 is 0 Å². The standard InChI is InChI=1S/C23H24N2O4/c1-2-28-23(27)17-10-8-16(9-11-17)21-13-12-20(29-21)14-18(15-24)22(26)25-19-6-4-3-5-7-19/h8-14,19H,2-7H2,1H3,(H,25,26). The minimum absolute atomic E-state index is 0.0223. The lowest BCUT2D eigenvalue weighted by atomic mass is 9.95. The second kappa shape index (κ2) is 9.74. The zero-order chi connectivity index (χ0) is 20.6. The highest BCUT2D eigenvalue weighted by atomic mass is 16.5. The molecule has 0 atom stereocenters. The van der Waals surface area contributed by atoms with Crippen LogP contribution < -0.4 is 5.32 Å². The number of hydrogen-bond acceptors (Lipinski definition) is 5. The first kappa shape index (κ1) is 20.4. The summed E-state index contributed by atoms with van der Waals surface area (Å²) in [6.45, 7) is 2.08. The molecule has 1 heterocycles. The van der Waals surface area contributed by atoms with Crippen LogP contribution in [-0.4, -0.2) is 24.5 Å². The maximum atomic E-state index is 12.4. The molecule has 1 amide bonds. The van der Waals surface area contributed by atoms with E-state index in [1.54, 1.807) is 43.3 Å². The van der Waals surface area contributed by atoms with Crippen molar-refractivity contribution in [1.29, 1.82) is 5.26 Å². The normalized spacial score (nSPS) is 14.8. The largest absolute Gasteiger partial charge is 0.462 e. The molecular weight excluding hydrogens is 368 g/mol. The average molecular weight is 392 g/mol. The first-order chi connectivity index (χ1) is 14.1. The minimum atomic E-state index is -0.371. The summed E-state index contributed by atoms with van der Waals surface area (Å²) in [7, 11) is 0. The molecule has 1 aromatic heterocycles. The minimum Gasteiger partial charge on any atom is -0.462 e. The lowest BCUT2D eigenvalue weighted by Crippen LogP contribution is -2.36. The summed E-state index contributed by atoms with van der Waals surface area (Å²) in [5.74, 6) is 0.266. The lowest BCUT2D eigenvalue weighted by molar-refractivity contribution is -0.117. The van der Waals surface area contributed by atoms with E-state index in [9.17, 15) is 14.9 Å². The molecule has 6 nitrogen and oxygen atoms in total. The Bertz CT molecular complexity index is 929. The summed E-state index contributed by atoms with van der Waals surface area (Å²) in [5.41, 5.74) is 1.27. The Morgan fingerprint density at radius 2 is 1.90 bits per heavy atom. The van der Waals surface area contributed by atoms with Crippen LogP contribution in [0.3, 0.4) is 0 Å². The third kappa shape index (κ3) is 5.35. The van der Waals surface area contributed by atoms with Gasteiger partial charge in [-0.2, -0.15) is 5.26 Å². The van der Waals surface area contributed by atoms with Crippen molar-refractivity contribution in [3.63, 3.8) is 0 Å². The lowest BCUT2D eigenvalue weighted by Gasteiger charge is -2.22. The summed E-state index contributed by atoms with van der Waals surface area (Å²) in [4.78, 5) is 24.1. The molecule has 3 rings (SSSR count). The zero-order valence-electron chi connectivity index (χ0n) is 16.4. The van der Waals surface area contributed by atoms with Crippen molar-refractivity contribution in [3.8, 4) is 17.4 Å². The number of rotatable bonds is 6. The fourth-order valence-corrected chi connectivity index (χ4v) is 3.37. The Morgan fingerprint density at radius 1 is 1.17 bits per heavy atom. The molecule has 150 valence electrons. The van der Waals surface area contributed by atoms with Gasteiger partial charge in [-0.25, -0.2) is 4.79 Å². The second-order valence-electron chi connectivity index (χ2n) is 6.98. The number of esters is 1. The average Bonchev–Trinajstić information content (AvgIpc) is 3.21. The molecule has 6 heteroatoms. The number of nitrogens with one attached hydrogen (secondary N) is 1. The van der Waals surface area contributed by atoms with Gasteiger partial charge in [-0.05, 0) is 44.0 Å². The molecule has 1 aliphatic carbocycles. The van der Waals surface area contributed by atoms with Crippen LogP contribution in [0.4, 0.5) is 0 Å². The van der Waals surface area contributed by atoms with Gasteiger partial charge in [-0.3, -0.25) is 4.79 Å². The van der Waals surface area contributed by atoms with Gasteiger partial charge in [0.1, 0.15) is 23.2 Å². The topological polar surface area (TPSA) is 92.3 Å². The van der Waals surface area contributed by atoms with Gasteiger partial charge in [-0.15, -0.1) is 0 Å². The Balaban J connectivity index is 1.70. The molecule has 0 aliphatic heterocycles. The molecule has 1 aromatic carbocycles. The van der Waals surface area contributed by atoms with E-state index in [1.807, 2.05) is 6.07 Å². The van der Waals surface area contributed by atoms with Crippen LogP contribution in [0.1, 0.15) is 55.1 Å². The first-order valence-corrected chi connectivity index (χ1v) is 9.90. The highest BCUT2D eigenvalue weighted by Gasteiger charge is 2.18. The number of amides is 1. The highest BCUT2D eigenvalue weighted by Crippen LogP contribution is 2.24. The van der Waals surface area contributed by atoms with E-state index < -0.39 is 0 Å². The van der Waals surface area contributed by atoms with Gasteiger partial charge in [-0.1, -0.05) is 31.4 Å². The van der Waals surface area contributed by atoms with Gasteiger partial charge >= 0.3 is 5.97 Å². The quantitative estimate of drug-likeness (QED) is 0.444. The van der Waals surface area contributed by atoms with Gasteiger partial charge in [0.25, 0.3) is 5.91 Å². The van der Waals surface area contributed by atoms with Gasteiger partial charge < -0.3 is 14.5 Å². The van der Waals surface area contributed by atoms with Gasteiger partial charge in [0.2, 0.25) is 0 Å². The highest BCUT2D eigenvalue weighted by molar-refractivity contribution is 6.01. The molecule has 0 radical (unpaired) electrons. The zero-order valence-corrected chi connectivity index (χ0v) is 16.4. The second-order valence-corrected chi connectivity index (χ2v) is 6.98. The molecule has 0 saturated heterocycles. The molecule has 29 heavy (non-hydrogen) atoms. The number of furan rings is 1. The molecule has 0 spiro atoms. The van der Waals surface area contributed by atoms with Crippen LogP contribution in [0.25, 0.3) is 17.4 Å². The van der Waals surface area contributed by atoms with Crippen molar-refractivity contribution in [2.75, 3.05) is 6.61 Å². The summed E-state index contributed by atoms with van der Waals surface area (Å²) >= 11 is 0. The van der Waals surface area contributed by atoms with E-state index in [-0.39, 0.29) is 23.5 Å². The predicted molar refractivity (Wildman–Crippen MR) is 109 cm³/mol. The van der Waals surface area contributed by atoms with E-state index in [2.05, 4.69) is 5.32 Å². The fourth-order valence-electron chi connectivity index (χ4n) is 3.37. The van der Waals surface area contributed by atoms with Crippen LogP contribution in [-0.2, 0) is 9.53 Å². The van der Waals surface area contributed by atoms with Crippen molar-refractivity contribution < 1.29 is 18.7 Å². The molecule has 1 aliphatic rings. The van der Waals surface area contributed by atoms with Crippen LogP contribution in [0, 0.1) is 11.3 Å². The number of carbonyl (C=O) groups excluding carboxylic acids is 2. The molecule has 0 unspecified atom stereocenters. The number of carbonyl (C=O) groups is 2. The Morgan fingerprint density at radius 3 is 2.55 bits per heavy atom. The summed E-state index contributed by atoms with van der Waals surface area (Å²) in [6, 6.07) is 12.4. The van der Waals surface area contributed by atoms with Crippen LogP contribution in [0.2, 0.25) is 0 Å². The number of nitrogens with zero attached hydrogens (tertiary/aromatic N) is 1. The summed E-state index contributed by atoms with van der Waals surface area (Å²) < 4.78 is 10.7. The summed E-state index contributed by atoms with van der Waals surface area (Å²) in [5, 5.41) is 12.3. The van der Waals surface area contributed by atoms with E-state index in [1.165, 1.54) is 12.5 Å². The Labute approximate surface area is 170 Å². The van der Waals surface area contributed by atoms with Gasteiger partial charge in [0.05, 0.1) is 12.2 Å². The van der Waals surface area contributed by atoms with Crippen molar-refractivity contribution in [2.24, 2.45) is 0 Å². The maximum Gasteiger partial charge on any atom is 0.338 e.